The molecule has 0 aliphatic rings. The lowest BCUT2D eigenvalue weighted by Gasteiger charge is -2.12. The Labute approximate surface area is 121 Å². The second kappa shape index (κ2) is 7.94. The van der Waals surface area contributed by atoms with Gasteiger partial charge in [-0.3, -0.25) is 4.79 Å². The van der Waals surface area contributed by atoms with Gasteiger partial charge in [0.2, 0.25) is 0 Å². The third kappa shape index (κ3) is 5.25. The molecule has 0 saturated heterocycles. The Morgan fingerprint density at radius 2 is 2.05 bits per heavy atom. The predicted octanol–water partition coefficient (Wildman–Crippen LogP) is 2.44. The summed E-state index contributed by atoms with van der Waals surface area (Å²) in [7, 11) is 0. The first-order valence-electron chi connectivity index (χ1n) is 7.25. The molecule has 0 radical (unpaired) electrons. The third-order valence-corrected chi connectivity index (χ3v) is 3.03. The van der Waals surface area contributed by atoms with Crippen LogP contribution in [0.1, 0.15) is 50.6 Å². The third-order valence-electron chi connectivity index (χ3n) is 3.03. The number of nitrogens with zero attached hydrogens (tertiary/aromatic N) is 1. The van der Waals surface area contributed by atoms with Crippen LogP contribution in [-0.4, -0.2) is 30.2 Å². The van der Waals surface area contributed by atoms with Gasteiger partial charge in [-0.05, 0) is 32.3 Å². The molecule has 0 spiro atoms. The minimum Gasteiger partial charge on any atom is -0.397 e. The molecule has 1 rings (SSSR count). The van der Waals surface area contributed by atoms with E-state index in [9.17, 15) is 4.79 Å². The highest BCUT2D eigenvalue weighted by atomic mass is 16.5. The second-order valence-corrected chi connectivity index (χ2v) is 5.71. The van der Waals surface area contributed by atoms with Crippen molar-refractivity contribution < 1.29 is 9.53 Å². The van der Waals surface area contributed by atoms with Gasteiger partial charge in [-0.1, -0.05) is 13.8 Å². The molecule has 1 heterocycles. The lowest BCUT2D eigenvalue weighted by atomic mass is 10.1. The Morgan fingerprint density at radius 1 is 1.35 bits per heavy atom. The number of nitrogens with two attached hydrogens (primary N) is 1. The Hall–Kier alpha value is -1.49. The maximum Gasteiger partial charge on any atom is 0.268 e. The predicted molar refractivity (Wildman–Crippen MR) is 81.8 cm³/mol. The van der Waals surface area contributed by atoms with Crippen LogP contribution in [0, 0.1) is 5.92 Å². The van der Waals surface area contributed by atoms with Crippen LogP contribution in [-0.2, 0) is 4.74 Å². The zero-order valence-electron chi connectivity index (χ0n) is 13.0. The fraction of sp³-hybridized carbons (Fsp3) is 0.667. The van der Waals surface area contributed by atoms with Gasteiger partial charge in [0.25, 0.3) is 5.91 Å². The zero-order valence-corrected chi connectivity index (χ0v) is 13.0. The lowest BCUT2D eigenvalue weighted by molar-refractivity contribution is 0.0896. The Bertz CT molecular complexity index is 425. The van der Waals surface area contributed by atoms with Gasteiger partial charge in [0, 0.05) is 25.4 Å². The summed E-state index contributed by atoms with van der Waals surface area (Å²) in [6, 6.07) is 1.91. The normalized spacial score (nSPS) is 11.3. The van der Waals surface area contributed by atoms with Gasteiger partial charge >= 0.3 is 0 Å². The minimum atomic E-state index is -0.108. The first-order chi connectivity index (χ1) is 9.41. The topological polar surface area (TPSA) is 69.3 Å². The smallest absolute Gasteiger partial charge is 0.268 e. The summed E-state index contributed by atoms with van der Waals surface area (Å²) < 4.78 is 7.35. The van der Waals surface area contributed by atoms with Crippen LogP contribution < -0.4 is 11.1 Å². The quantitative estimate of drug-likeness (QED) is 0.719. The van der Waals surface area contributed by atoms with E-state index in [0.29, 0.717) is 30.5 Å². The van der Waals surface area contributed by atoms with Gasteiger partial charge in [-0.25, -0.2) is 0 Å². The number of amides is 1. The van der Waals surface area contributed by atoms with Crippen molar-refractivity contribution in [1.82, 2.24) is 9.88 Å². The van der Waals surface area contributed by atoms with E-state index < -0.39 is 0 Å². The molecule has 3 N–H and O–H groups in total. The Kier molecular flexibility index (Phi) is 6.58. The van der Waals surface area contributed by atoms with E-state index in [0.717, 1.165) is 13.0 Å². The molecular formula is C15H27N3O2. The van der Waals surface area contributed by atoms with Gasteiger partial charge < -0.3 is 20.4 Å². The van der Waals surface area contributed by atoms with Crippen molar-refractivity contribution >= 4 is 11.6 Å². The highest BCUT2D eigenvalue weighted by molar-refractivity contribution is 5.93. The molecule has 0 unspecified atom stereocenters. The van der Waals surface area contributed by atoms with Crippen molar-refractivity contribution in [3.8, 4) is 0 Å². The summed E-state index contributed by atoms with van der Waals surface area (Å²) in [5.41, 5.74) is 6.96. The van der Waals surface area contributed by atoms with E-state index in [1.807, 2.05) is 18.4 Å². The van der Waals surface area contributed by atoms with Crippen LogP contribution in [0.25, 0.3) is 0 Å². The first-order valence-corrected chi connectivity index (χ1v) is 7.25. The number of rotatable bonds is 8. The molecule has 0 aliphatic heterocycles. The lowest BCUT2D eigenvalue weighted by Crippen LogP contribution is -2.29. The number of anilines is 1. The van der Waals surface area contributed by atoms with Crippen LogP contribution in [0.5, 0.6) is 0 Å². The van der Waals surface area contributed by atoms with Crippen molar-refractivity contribution in [3.63, 3.8) is 0 Å². The molecule has 5 nitrogen and oxygen atoms in total. The molecule has 5 heteroatoms. The average molecular weight is 281 g/mol. The van der Waals surface area contributed by atoms with Crippen LogP contribution in [0.4, 0.5) is 5.69 Å². The van der Waals surface area contributed by atoms with Gasteiger partial charge in [-0.15, -0.1) is 0 Å². The molecule has 0 bridgehead atoms. The number of carbonyl (C=O) groups is 1. The highest BCUT2D eigenvalue weighted by Crippen LogP contribution is 2.16. The van der Waals surface area contributed by atoms with E-state index in [2.05, 4.69) is 19.2 Å². The fourth-order valence-corrected chi connectivity index (χ4v) is 1.86. The van der Waals surface area contributed by atoms with E-state index in [4.69, 9.17) is 10.5 Å². The summed E-state index contributed by atoms with van der Waals surface area (Å²) in [6.45, 7) is 10.2. The van der Waals surface area contributed by atoms with Gasteiger partial charge in [0.15, 0.2) is 0 Å². The summed E-state index contributed by atoms with van der Waals surface area (Å²) in [6.07, 6.45) is 2.83. The number of ether oxygens (including phenoxy) is 1. The molecule has 0 saturated carbocycles. The van der Waals surface area contributed by atoms with E-state index in [-0.39, 0.29) is 11.9 Å². The monoisotopic (exact) mass is 281 g/mol. The SMILES string of the molecule is CC(C)CCOCCNC(=O)c1cc(N)cn1C(C)C. The second-order valence-electron chi connectivity index (χ2n) is 5.71. The van der Waals surface area contributed by atoms with Crippen molar-refractivity contribution in [2.75, 3.05) is 25.5 Å². The van der Waals surface area contributed by atoms with Crippen molar-refractivity contribution in [2.45, 2.75) is 40.2 Å². The largest absolute Gasteiger partial charge is 0.397 e. The number of hydrogen-bond acceptors (Lipinski definition) is 3. The van der Waals surface area contributed by atoms with Gasteiger partial charge in [0.1, 0.15) is 5.69 Å². The number of hydrogen-bond donors (Lipinski definition) is 2. The Morgan fingerprint density at radius 3 is 2.65 bits per heavy atom. The van der Waals surface area contributed by atoms with Crippen molar-refractivity contribution in [3.05, 3.63) is 18.0 Å². The summed E-state index contributed by atoms with van der Waals surface area (Å²) in [4.78, 5) is 12.1. The molecule has 1 amide bonds. The van der Waals surface area contributed by atoms with Gasteiger partial charge in [-0.2, -0.15) is 0 Å². The molecule has 114 valence electrons. The zero-order chi connectivity index (χ0) is 15.1. The molecule has 0 aliphatic carbocycles. The van der Waals surface area contributed by atoms with Crippen LogP contribution in [0.2, 0.25) is 0 Å². The molecule has 0 aromatic carbocycles. The van der Waals surface area contributed by atoms with E-state index in [1.54, 1.807) is 12.3 Å². The van der Waals surface area contributed by atoms with Crippen LogP contribution in [0.3, 0.4) is 0 Å². The molecular weight excluding hydrogens is 254 g/mol. The summed E-state index contributed by atoms with van der Waals surface area (Å²) >= 11 is 0. The van der Waals surface area contributed by atoms with Crippen molar-refractivity contribution in [1.29, 1.82) is 0 Å². The van der Waals surface area contributed by atoms with Crippen LogP contribution >= 0.6 is 0 Å². The molecule has 1 aromatic heterocycles. The molecule has 0 fully saturated rings. The molecule has 0 atom stereocenters. The minimum absolute atomic E-state index is 0.108. The number of nitrogen functional groups attached to an aromatic ring is 1. The standard InChI is InChI=1S/C15H27N3O2/c1-11(2)5-7-20-8-6-17-15(19)14-9-13(16)10-18(14)12(3)4/h9-12H,5-8,16H2,1-4H3,(H,17,19). The van der Waals surface area contributed by atoms with E-state index >= 15 is 0 Å². The maximum atomic E-state index is 12.1. The van der Waals surface area contributed by atoms with Crippen molar-refractivity contribution in [2.24, 2.45) is 5.92 Å². The highest BCUT2D eigenvalue weighted by Gasteiger charge is 2.14. The first kappa shape index (κ1) is 16.6. The maximum absolute atomic E-state index is 12.1. The molecule has 1 aromatic rings. The van der Waals surface area contributed by atoms with Gasteiger partial charge in [0.05, 0.1) is 12.3 Å². The van der Waals surface area contributed by atoms with E-state index in [1.165, 1.54) is 0 Å². The summed E-state index contributed by atoms with van der Waals surface area (Å²) in [5, 5.41) is 2.86. The number of nitrogens with one attached hydrogen (secondary N) is 1. The Balaban J connectivity index is 2.36. The number of carbonyl (C=O) groups excluding carboxylic acids is 1. The van der Waals surface area contributed by atoms with Crippen LogP contribution in [0.15, 0.2) is 12.3 Å². The fourth-order valence-electron chi connectivity index (χ4n) is 1.86. The average Bonchev–Trinajstić information content (AvgIpc) is 2.75. The number of aromatic nitrogens is 1. The molecule has 20 heavy (non-hydrogen) atoms. The summed E-state index contributed by atoms with van der Waals surface area (Å²) in [5.74, 6) is 0.532.